The normalized spacial score (nSPS) is 20.5. The summed E-state index contributed by atoms with van der Waals surface area (Å²) in [6, 6.07) is 9.51. The molecule has 2 aliphatic rings. The lowest BCUT2D eigenvalue weighted by Gasteiger charge is -2.26. The summed E-state index contributed by atoms with van der Waals surface area (Å²) >= 11 is 0. The van der Waals surface area contributed by atoms with E-state index in [4.69, 9.17) is 13.9 Å². The second-order valence-electron chi connectivity index (χ2n) is 6.48. The maximum atomic E-state index is 12.5. The van der Waals surface area contributed by atoms with Crippen molar-refractivity contribution in [3.63, 3.8) is 0 Å². The number of furan rings is 1. The Morgan fingerprint density at radius 3 is 2.57 bits per heavy atom. The van der Waals surface area contributed by atoms with Gasteiger partial charge in [-0.25, -0.2) is 0 Å². The van der Waals surface area contributed by atoms with Crippen molar-refractivity contribution in [1.82, 2.24) is 15.8 Å². The molecule has 0 aliphatic carbocycles. The number of benzene rings is 1. The zero-order valence-electron chi connectivity index (χ0n) is 14.9. The number of likely N-dealkylation sites (tertiary alicyclic amines) is 1. The van der Waals surface area contributed by atoms with Gasteiger partial charge in [-0.3, -0.25) is 25.2 Å². The predicted octanol–water partition coefficient (Wildman–Crippen LogP) is 0.872. The van der Waals surface area contributed by atoms with E-state index in [0.717, 1.165) is 0 Å². The number of carbonyl (C=O) groups excluding carboxylic acids is 3. The zero-order chi connectivity index (χ0) is 19.5. The number of rotatable bonds is 3. The second kappa shape index (κ2) is 7.63. The topological polar surface area (TPSA) is 110 Å². The molecule has 0 radical (unpaired) electrons. The first-order valence-electron chi connectivity index (χ1n) is 8.96. The first-order valence-corrected chi connectivity index (χ1v) is 8.96. The molecule has 9 nitrogen and oxygen atoms in total. The Hall–Kier alpha value is -3.49. The van der Waals surface area contributed by atoms with E-state index in [2.05, 4.69) is 10.9 Å². The van der Waals surface area contributed by atoms with Gasteiger partial charge in [0.25, 0.3) is 17.7 Å². The standard InChI is InChI=1S/C19H19N3O6/c23-17(12-5-3-9-22(12)19(25)15-8-4-10-26-15)20-21-18(24)16-11-27-13-6-1-2-7-14(13)28-16/h1-2,4,6-8,10,12,16H,3,5,9,11H2,(H,20,23)(H,21,24). The SMILES string of the molecule is O=C(NNC(=O)C1CCCN1C(=O)c1ccco1)C1COc2ccccc2O1. The van der Waals surface area contributed by atoms with Crippen LogP contribution in [-0.4, -0.2) is 47.9 Å². The Labute approximate surface area is 160 Å². The molecule has 28 heavy (non-hydrogen) atoms. The highest BCUT2D eigenvalue weighted by molar-refractivity contribution is 5.96. The molecule has 3 amide bonds. The molecule has 1 saturated heterocycles. The highest BCUT2D eigenvalue weighted by atomic mass is 16.6. The van der Waals surface area contributed by atoms with E-state index >= 15 is 0 Å². The fourth-order valence-electron chi connectivity index (χ4n) is 3.26. The molecular formula is C19H19N3O6. The second-order valence-corrected chi connectivity index (χ2v) is 6.48. The Kier molecular flexibility index (Phi) is 4.88. The minimum Gasteiger partial charge on any atom is -0.485 e. The van der Waals surface area contributed by atoms with Crippen LogP contribution in [0.3, 0.4) is 0 Å². The van der Waals surface area contributed by atoms with Crippen molar-refractivity contribution in [2.75, 3.05) is 13.2 Å². The van der Waals surface area contributed by atoms with Crippen molar-refractivity contribution in [3.05, 3.63) is 48.4 Å². The summed E-state index contributed by atoms with van der Waals surface area (Å²) in [6.07, 6.45) is 1.71. The Bertz CT molecular complexity index is 882. The number of hydrazine groups is 1. The summed E-state index contributed by atoms with van der Waals surface area (Å²) in [5.41, 5.74) is 4.73. The predicted molar refractivity (Wildman–Crippen MR) is 95.4 cm³/mol. The maximum Gasteiger partial charge on any atom is 0.290 e. The molecule has 2 aromatic rings. The molecule has 2 aliphatic heterocycles. The number of hydrogen-bond donors (Lipinski definition) is 2. The third-order valence-corrected chi connectivity index (χ3v) is 4.66. The molecule has 4 rings (SSSR count). The van der Waals surface area contributed by atoms with Gasteiger partial charge < -0.3 is 18.8 Å². The molecule has 2 atom stereocenters. The molecule has 1 aromatic heterocycles. The van der Waals surface area contributed by atoms with Crippen molar-refractivity contribution in [2.45, 2.75) is 25.0 Å². The van der Waals surface area contributed by atoms with Crippen LogP contribution in [0, 0.1) is 0 Å². The lowest BCUT2D eigenvalue weighted by molar-refractivity contribution is -0.136. The number of carbonyl (C=O) groups is 3. The van der Waals surface area contributed by atoms with Crippen LogP contribution in [-0.2, 0) is 9.59 Å². The van der Waals surface area contributed by atoms with Crippen LogP contribution < -0.4 is 20.3 Å². The Morgan fingerprint density at radius 2 is 1.79 bits per heavy atom. The van der Waals surface area contributed by atoms with E-state index in [-0.39, 0.29) is 18.3 Å². The van der Waals surface area contributed by atoms with Crippen LogP contribution in [0.2, 0.25) is 0 Å². The van der Waals surface area contributed by atoms with E-state index in [9.17, 15) is 14.4 Å². The number of nitrogens with zero attached hydrogens (tertiary/aromatic N) is 1. The van der Waals surface area contributed by atoms with Gasteiger partial charge >= 0.3 is 0 Å². The zero-order valence-corrected chi connectivity index (χ0v) is 14.9. The molecule has 146 valence electrons. The number of hydrogen-bond acceptors (Lipinski definition) is 6. The molecule has 9 heteroatoms. The monoisotopic (exact) mass is 385 g/mol. The van der Waals surface area contributed by atoms with E-state index in [1.165, 1.54) is 11.2 Å². The molecule has 1 aromatic carbocycles. The highest BCUT2D eigenvalue weighted by Gasteiger charge is 2.36. The number of para-hydroxylation sites is 2. The molecule has 1 fully saturated rings. The van der Waals surface area contributed by atoms with Crippen molar-refractivity contribution in [1.29, 1.82) is 0 Å². The first kappa shape index (κ1) is 17.9. The van der Waals surface area contributed by atoms with Crippen LogP contribution in [0.5, 0.6) is 11.5 Å². The molecule has 0 bridgehead atoms. The third-order valence-electron chi connectivity index (χ3n) is 4.66. The summed E-state index contributed by atoms with van der Waals surface area (Å²) in [6.45, 7) is 0.479. The van der Waals surface area contributed by atoms with Crippen LogP contribution in [0.1, 0.15) is 23.4 Å². The third kappa shape index (κ3) is 3.51. The summed E-state index contributed by atoms with van der Waals surface area (Å²) in [4.78, 5) is 38.7. The number of ether oxygens (including phenoxy) is 2. The summed E-state index contributed by atoms with van der Waals surface area (Å²) in [7, 11) is 0. The van der Waals surface area contributed by atoms with Crippen molar-refractivity contribution >= 4 is 17.7 Å². The van der Waals surface area contributed by atoms with Crippen molar-refractivity contribution < 1.29 is 28.3 Å². The van der Waals surface area contributed by atoms with Gasteiger partial charge in [-0.05, 0) is 37.1 Å². The van der Waals surface area contributed by atoms with Gasteiger partial charge in [-0.15, -0.1) is 0 Å². The Balaban J connectivity index is 1.32. The molecular weight excluding hydrogens is 366 g/mol. The van der Waals surface area contributed by atoms with Gasteiger partial charge in [-0.2, -0.15) is 0 Å². The van der Waals surface area contributed by atoms with Crippen LogP contribution in [0.4, 0.5) is 0 Å². The molecule has 0 spiro atoms. The Morgan fingerprint density at radius 1 is 1.00 bits per heavy atom. The lowest BCUT2D eigenvalue weighted by atomic mass is 10.2. The van der Waals surface area contributed by atoms with Crippen LogP contribution in [0.15, 0.2) is 47.1 Å². The highest BCUT2D eigenvalue weighted by Crippen LogP contribution is 2.30. The quantitative estimate of drug-likeness (QED) is 0.759. The fourth-order valence-corrected chi connectivity index (χ4v) is 3.26. The molecule has 0 saturated carbocycles. The van der Waals surface area contributed by atoms with Crippen LogP contribution >= 0.6 is 0 Å². The van der Waals surface area contributed by atoms with E-state index in [1.807, 2.05) is 0 Å². The average Bonchev–Trinajstić information content (AvgIpc) is 3.43. The lowest BCUT2D eigenvalue weighted by Crippen LogP contribution is -2.55. The largest absolute Gasteiger partial charge is 0.485 e. The van der Waals surface area contributed by atoms with Gasteiger partial charge in [0.15, 0.2) is 17.3 Å². The maximum absolute atomic E-state index is 12.5. The van der Waals surface area contributed by atoms with Crippen LogP contribution in [0.25, 0.3) is 0 Å². The minimum absolute atomic E-state index is 0.0330. The number of amides is 3. The van der Waals surface area contributed by atoms with Crippen molar-refractivity contribution in [3.8, 4) is 11.5 Å². The van der Waals surface area contributed by atoms with Crippen molar-refractivity contribution in [2.24, 2.45) is 0 Å². The smallest absolute Gasteiger partial charge is 0.290 e. The van der Waals surface area contributed by atoms with Gasteiger partial charge in [0.2, 0.25) is 6.10 Å². The van der Waals surface area contributed by atoms with Gasteiger partial charge in [0.1, 0.15) is 12.6 Å². The minimum atomic E-state index is -0.889. The molecule has 3 heterocycles. The van der Waals surface area contributed by atoms with E-state index in [1.54, 1.807) is 36.4 Å². The summed E-state index contributed by atoms with van der Waals surface area (Å²) < 4.78 is 16.2. The van der Waals surface area contributed by atoms with Gasteiger partial charge in [0, 0.05) is 6.54 Å². The first-order chi connectivity index (χ1) is 13.6. The molecule has 2 unspecified atom stereocenters. The number of fused-ring (bicyclic) bond motifs is 1. The average molecular weight is 385 g/mol. The number of nitrogens with one attached hydrogen (secondary N) is 2. The summed E-state index contributed by atoms with van der Waals surface area (Å²) in [5, 5.41) is 0. The summed E-state index contributed by atoms with van der Waals surface area (Å²) in [5.74, 6) is -0.155. The van der Waals surface area contributed by atoms with E-state index in [0.29, 0.717) is 30.9 Å². The molecule has 2 N–H and O–H groups in total. The van der Waals surface area contributed by atoms with Gasteiger partial charge in [0.05, 0.1) is 6.26 Å². The fraction of sp³-hybridized carbons (Fsp3) is 0.316. The van der Waals surface area contributed by atoms with Gasteiger partial charge in [-0.1, -0.05) is 12.1 Å². The van der Waals surface area contributed by atoms with E-state index < -0.39 is 24.0 Å².